The van der Waals surface area contributed by atoms with Crippen LogP contribution in [0.5, 0.6) is 0 Å². The molecule has 0 amide bonds. The Labute approximate surface area is 81.7 Å². The SMILES string of the molecule is COC(=O)CC(C)CCCC(C)C. The van der Waals surface area contributed by atoms with Gasteiger partial charge in [0.15, 0.2) is 0 Å². The quantitative estimate of drug-likeness (QED) is 0.596. The zero-order valence-electron chi connectivity index (χ0n) is 9.30. The van der Waals surface area contributed by atoms with Gasteiger partial charge in [0.2, 0.25) is 0 Å². The molecule has 0 saturated heterocycles. The fourth-order valence-corrected chi connectivity index (χ4v) is 1.34. The third-order valence-electron chi connectivity index (χ3n) is 2.22. The monoisotopic (exact) mass is 186 g/mol. The summed E-state index contributed by atoms with van der Waals surface area (Å²) in [6.45, 7) is 6.56. The minimum atomic E-state index is -0.0861. The highest BCUT2D eigenvalue weighted by molar-refractivity contribution is 5.69. The molecule has 1 unspecified atom stereocenters. The molecule has 0 heterocycles. The van der Waals surface area contributed by atoms with Crippen molar-refractivity contribution >= 4 is 5.97 Å². The molecule has 0 aliphatic carbocycles. The second kappa shape index (κ2) is 6.93. The molecule has 2 nitrogen and oxygen atoms in total. The second-order valence-electron chi connectivity index (χ2n) is 4.21. The topological polar surface area (TPSA) is 26.3 Å². The smallest absolute Gasteiger partial charge is 0.305 e. The first kappa shape index (κ1) is 12.5. The Hall–Kier alpha value is -0.530. The molecule has 0 rings (SSSR count). The van der Waals surface area contributed by atoms with E-state index in [2.05, 4.69) is 25.5 Å². The fourth-order valence-electron chi connectivity index (χ4n) is 1.34. The van der Waals surface area contributed by atoms with Gasteiger partial charge in [-0.1, -0.05) is 40.0 Å². The Morgan fingerprint density at radius 1 is 1.23 bits per heavy atom. The van der Waals surface area contributed by atoms with E-state index in [0.29, 0.717) is 12.3 Å². The van der Waals surface area contributed by atoms with Gasteiger partial charge in [-0.15, -0.1) is 0 Å². The summed E-state index contributed by atoms with van der Waals surface area (Å²) >= 11 is 0. The van der Waals surface area contributed by atoms with E-state index < -0.39 is 0 Å². The minimum absolute atomic E-state index is 0.0861. The Bertz CT molecular complexity index is 141. The number of esters is 1. The van der Waals surface area contributed by atoms with E-state index in [9.17, 15) is 4.79 Å². The van der Waals surface area contributed by atoms with Crippen LogP contribution in [0.15, 0.2) is 0 Å². The van der Waals surface area contributed by atoms with Crippen molar-refractivity contribution in [2.45, 2.75) is 46.5 Å². The molecule has 0 aromatic rings. The molecule has 13 heavy (non-hydrogen) atoms. The lowest BCUT2D eigenvalue weighted by Crippen LogP contribution is -2.07. The van der Waals surface area contributed by atoms with Gasteiger partial charge in [-0.3, -0.25) is 4.79 Å². The van der Waals surface area contributed by atoms with Crippen LogP contribution in [0.1, 0.15) is 46.5 Å². The third-order valence-corrected chi connectivity index (χ3v) is 2.22. The number of carbonyl (C=O) groups is 1. The van der Waals surface area contributed by atoms with Crippen molar-refractivity contribution in [3.63, 3.8) is 0 Å². The average Bonchev–Trinajstić information content (AvgIpc) is 2.03. The van der Waals surface area contributed by atoms with Gasteiger partial charge in [-0.25, -0.2) is 0 Å². The van der Waals surface area contributed by atoms with Gasteiger partial charge in [0.1, 0.15) is 0 Å². The van der Waals surface area contributed by atoms with Crippen molar-refractivity contribution in [1.29, 1.82) is 0 Å². The molecule has 0 aromatic heterocycles. The maximum atomic E-state index is 10.9. The lowest BCUT2D eigenvalue weighted by molar-refractivity contribution is -0.141. The third kappa shape index (κ3) is 7.82. The molecular weight excluding hydrogens is 164 g/mol. The summed E-state index contributed by atoms with van der Waals surface area (Å²) in [7, 11) is 1.45. The van der Waals surface area contributed by atoms with Crippen molar-refractivity contribution in [2.24, 2.45) is 11.8 Å². The van der Waals surface area contributed by atoms with Gasteiger partial charge in [-0.2, -0.15) is 0 Å². The van der Waals surface area contributed by atoms with E-state index in [1.807, 2.05) is 0 Å². The molecule has 0 radical (unpaired) electrons. The summed E-state index contributed by atoms with van der Waals surface area (Å²) in [5.41, 5.74) is 0. The predicted octanol–water partition coefficient (Wildman–Crippen LogP) is 3.01. The van der Waals surface area contributed by atoms with Crippen molar-refractivity contribution in [3.05, 3.63) is 0 Å². The molecule has 0 fully saturated rings. The normalized spacial score (nSPS) is 13.0. The van der Waals surface area contributed by atoms with Gasteiger partial charge in [0.25, 0.3) is 0 Å². The molecule has 0 aliphatic rings. The van der Waals surface area contributed by atoms with Crippen molar-refractivity contribution in [3.8, 4) is 0 Å². The summed E-state index contributed by atoms with van der Waals surface area (Å²) in [6.07, 6.45) is 4.17. The molecule has 78 valence electrons. The Balaban J connectivity index is 3.40. The van der Waals surface area contributed by atoms with Gasteiger partial charge in [-0.05, 0) is 11.8 Å². The predicted molar refractivity (Wildman–Crippen MR) is 54.5 cm³/mol. The van der Waals surface area contributed by atoms with Gasteiger partial charge in [0.05, 0.1) is 7.11 Å². The maximum absolute atomic E-state index is 10.9. The van der Waals surface area contributed by atoms with E-state index in [4.69, 9.17) is 0 Å². The molecule has 0 bridgehead atoms. The molecule has 2 heteroatoms. The van der Waals surface area contributed by atoms with Crippen LogP contribution in [-0.4, -0.2) is 13.1 Å². The largest absolute Gasteiger partial charge is 0.469 e. The standard InChI is InChI=1S/C11H22O2/c1-9(2)6-5-7-10(3)8-11(12)13-4/h9-10H,5-8H2,1-4H3. The van der Waals surface area contributed by atoms with E-state index in [1.54, 1.807) is 0 Å². The summed E-state index contributed by atoms with van der Waals surface area (Å²) in [5, 5.41) is 0. The van der Waals surface area contributed by atoms with Crippen LogP contribution in [0.3, 0.4) is 0 Å². The lowest BCUT2D eigenvalue weighted by atomic mass is 9.97. The van der Waals surface area contributed by atoms with Crippen LogP contribution in [0.2, 0.25) is 0 Å². The van der Waals surface area contributed by atoms with Crippen LogP contribution >= 0.6 is 0 Å². The number of ether oxygens (including phenoxy) is 1. The van der Waals surface area contributed by atoms with E-state index in [0.717, 1.165) is 12.3 Å². The number of carbonyl (C=O) groups excluding carboxylic acids is 1. The molecular formula is C11H22O2. The van der Waals surface area contributed by atoms with Gasteiger partial charge in [0, 0.05) is 6.42 Å². The summed E-state index contributed by atoms with van der Waals surface area (Å²) < 4.78 is 4.61. The number of methoxy groups -OCH3 is 1. The average molecular weight is 186 g/mol. The number of hydrogen-bond acceptors (Lipinski definition) is 2. The number of hydrogen-bond donors (Lipinski definition) is 0. The zero-order chi connectivity index (χ0) is 10.3. The van der Waals surface area contributed by atoms with E-state index in [1.165, 1.54) is 20.0 Å². The van der Waals surface area contributed by atoms with Crippen molar-refractivity contribution < 1.29 is 9.53 Å². The highest BCUT2D eigenvalue weighted by Crippen LogP contribution is 2.15. The van der Waals surface area contributed by atoms with Crippen LogP contribution in [-0.2, 0) is 9.53 Å². The van der Waals surface area contributed by atoms with Gasteiger partial charge >= 0.3 is 5.97 Å². The first-order chi connectivity index (χ1) is 6.06. The van der Waals surface area contributed by atoms with E-state index >= 15 is 0 Å². The summed E-state index contributed by atoms with van der Waals surface area (Å²) in [6, 6.07) is 0. The Morgan fingerprint density at radius 3 is 2.31 bits per heavy atom. The maximum Gasteiger partial charge on any atom is 0.305 e. The molecule has 0 spiro atoms. The highest BCUT2D eigenvalue weighted by Gasteiger charge is 2.08. The fraction of sp³-hybridized carbons (Fsp3) is 0.909. The molecule has 0 N–H and O–H groups in total. The van der Waals surface area contributed by atoms with Crippen LogP contribution < -0.4 is 0 Å². The Kier molecular flexibility index (Phi) is 6.65. The van der Waals surface area contributed by atoms with Crippen LogP contribution in [0, 0.1) is 11.8 Å². The summed E-state index contributed by atoms with van der Waals surface area (Å²) in [5.74, 6) is 1.15. The second-order valence-corrected chi connectivity index (χ2v) is 4.21. The first-order valence-corrected chi connectivity index (χ1v) is 5.13. The molecule has 0 aliphatic heterocycles. The van der Waals surface area contributed by atoms with Gasteiger partial charge < -0.3 is 4.74 Å². The molecule has 0 aromatic carbocycles. The Morgan fingerprint density at radius 2 is 1.85 bits per heavy atom. The molecule has 1 atom stereocenters. The van der Waals surface area contributed by atoms with Crippen molar-refractivity contribution in [2.75, 3.05) is 7.11 Å². The highest BCUT2D eigenvalue weighted by atomic mass is 16.5. The zero-order valence-corrected chi connectivity index (χ0v) is 9.30. The van der Waals surface area contributed by atoms with Crippen molar-refractivity contribution in [1.82, 2.24) is 0 Å². The minimum Gasteiger partial charge on any atom is -0.469 e. The molecule has 0 saturated carbocycles. The lowest BCUT2D eigenvalue weighted by Gasteiger charge is -2.10. The van der Waals surface area contributed by atoms with E-state index in [-0.39, 0.29) is 5.97 Å². The van der Waals surface area contributed by atoms with Crippen LogP contribution in [0.4, 0.5) is 0 Å². The summed E-state index contributed by atoms with van der Waals surface area (Å²) in [4.78, 5) is 10.9. The van der Waals surface area contributed by atoms with Crippen LogP contribution in [0.25, 0.3) is 0 Å². The number of rotatable bonds is 6. The first-order valence-electron chi connectivity index (χ1n) is 5.13.